The van der Waals surface area contributed by atoms with E-state index >= 15 is 0 Å². The van der Waals surface area contributed by atoms with Crippen LogP contribution in [0.4, 0.5) is 5.82 Å². The molecule has 3 aromatic rings. The van der Waals surface area contributed by atoms with Crippen molar-refractivity contribution in [1.82, 2.24) is 9.78 Å². The first-order valence-electron chi connectivity index (χ1n) is 10.8. The Balaban J connectivity index is 1.79. The molecule has 8 nitrogen and oxygen atoms in total. The van der Waals surface area contributed by atoms with Crippen LogP contribution in [-0.4, -0.2) is 36.9 Å². The molecule has 0 fully saturated rings. The second kappa shape index (κ2) is 8.20. The van der Waals surface area contributed by atoms with E-state index in [0.29, 0.717) is 51.9 Å². The number of benzene rings is 2. The first kappa shape index (κ1) is 20.9. The summed E-state index contributed by atoms with van der Waals surface area (Å²) >= 11 is 0. The van der Waals surface area contributed by atoms with E-state index in [0.717, 1.165) is 18.5 Å². The molecule has 170 valence electrons. The minimum absolute atomic E-state index is 0.0306. The third kappa shape index (κ3) is 3.29. The highest BCUT2D eigenvalue weighted by atomic mass is 16.5. The second-order valence-corrected chi connectivity index (χ2v) is 8.05. The standard InChI is InChI=1S/C25H25N3O5/c1-31-18-13-20(33-3)19(32-2)12-15(18)21-22-16(10-7-11-17(22)29)26-24-23(21)25(30)28(27-24)14-8-5-4-6-9-14/h4-6,8-9,12-13,21,26-27H,7,10-11H2,1-3H3/t21-/m0/s1. The molecule has 0 bridgehead atoms. The molecule has 2 heterocycles. The molecule has 0 spiro atoms. The minimum atomic E-state index is -0.604. The lowest BCUT2D eigenvalue weighted by Crippen LogP contribution is -2.30. The van der Waals surface area contributed by atoms with Gasteiger partial charge in [0.2, 0.25) is 0 Å². The lowest BCUT2D eigenvalue weighted by Gasteiger charge is -2.32. The molecule has 2 aromatic carbocycles. The van der Waals surface area contributed by atoms with Gasteiger partial charge in [-0.2, -0.15) is 0 Å². The van der Waals surface area contributed by atoms with Gasteiger partial charge in [-0.1, -0.05) is 18.2 Å². The molecule has 1 atom stereocenters. The Kier molecular flexibility index (Phi) is 5.20. The lowest BCUT2D eigenvalue weighted by molar-refractivity contribution is -0.116. The maximum Gasteiger partial charge on any atom is 0.277 e. The van der Waals surface area contributed by atoms with Gasteiger partial charge in [0.05, 0.1) is 38.5 Å². The largest absolute Gasteiger partial charge is 0.496 e. The summed E-state index contributed by atoms with van der Waals surface area (Å²) in [6.45, 7) is 0. The van der Waals surface area contributed by atoms with Gasteiger partial charge in [0.1, 0.15) is 11.6 Å². The van der Waals surface area contributed by atoms with E-state index in [-0.39, 0.29) is 11.3 Å². The number of nitrogens with zero attached hydrogens (tertiary/aromatic N) is 1. The number of carbonyl (C=O) groups is 1. The highest BCUT2D eigenvalue weighted by Gasteiger charge is 2.40. The van der Waals surface area contributed by atoms with E-state index in [1.54, 1.807) is 33.5 Å². The molecule has 0 radical (unpaired) electrons. The first-order valence-corrected chi connectivity index (χ1v) is 10.8. The molecule has 0 unspecified atom stereocenters. The topological polar surface area (TPSA) is 94.6 Å². The Morgan fingerprint density at radius 3 is 2.30 bits per heavy atom. The number of rotatable bonds is 5. The monoisotopic (exact) mass is 447 g/mol. The number of aromatic amines is 1. The molecular weight excluding hydrogens is 422 g/mol. The van der Waals surface area contributed by atoms with Crippen LogP contribution in [0.25, 0.3) is 5.69 Å². The van der Waals surface area contributed by atoms with E-state index in [2.05, 4.69) is 10.4 Å². The highest BCUT2D eigenvalue weighted by Crippen LogP contribution is 2.48. The summed E-state index contributed by atoms with van der Waals surface area (Å²) in [6, 6.07) is 12.9. The number of methoxy groups -OCH3 is 3. The number of nitrogens with one attached hydrogen (secondary N) is 2. The number of carbonyl (C=O) groups excluding carboxylic acids is 1. The predicted octanol–water partition coefficient (Wildman–Crippen LogP) is 3.76. The van der Waals surface area contributed by atoms with Crippen LogP contribution in [0.15, 0.2) is 58.5 Å². The highest BCUT2D eigenvalue weighted by molar-refractivity contribution is 6.01. The Hall–Kier alpha value is -3.94. The number of para-hydroxylation sites is 1. The van der Waals surface area contributed by atoms with Crippen molar-refractivity contribution in [2.45, 2.75) is 25.2 Å². The van der Waals surface area contributed by atoms with Gasteiger partial charge in [0, 0.05) is 29.3 Å². The molecule has 1 aromatic heterocycles. The van der Waals surface area contributed by atoms with Crippen LogP contribution in [0.2, 0.25) is 0 Å². The number of aromatic nitrogens is 2. The molecular formula is C25H25N3O5. The maximum atomic E-state index is 13.7. The fourth-order valence-corrected chi connectivity index (χ4v) is 4.79. The summed E-state index contributed by atoms with van der Waals surface area (Å²) < 4.78 is 18.2. The number of allylic oxidation sites excluding steroid dienone is 2. The van der Waals surface area contributed by atoms with E-state index in [9.17, 15) is 9.59 Å². The molecule has 1 aliphatic carbocycles. The van der Waals surface area contributed by atoms with E-state index in [4.69, 9.17) is 14.2 Å². The van der Waals surface area contributed by atoms with Crippen LogP contribution in [-0.2, 0) is 4.79 Å². The van der Waals surface area contributed by atoms with Gasteiger partial charge in [0.25, 0.3) is 5.56 Å². The maximum absolute atomic E-state index is 13.7. The number of anilines is 1. The van der Waals surface area contributed by atoms with Crippen molar-refractivity contribution in [3.63, 3.8) is 0 Å². The number of Topliss-reactive ketones (excluding diaryl/α,β-unsaturated/α-hetero) is 1. The van der Waals surface area contributed by atoms with Gasteiger partial charge in [-0.15, -0.1) is 0 Å². The Morgan fingerprint density at radius 2 is 1.61 bits per heavy atom. The van der Waals surface area contributed by atoms with E-state index in [1.807, 2.05) is 30.3 Å². The van der Waals surface area contributed by atoms with Crippen molar-refractivity contribution >= 4 is 11.6 Å². The van der Waals surface area contributed by atoms with Gasteiger partial charge < -0.3 is 19.5 Å². The van der Waals surface area contributed by atoms with Crippen molar-refractivity contribution < 1.29 is 19.0 Å². The van der Waals surface area contributed by atoms with Crippen molar-refractivity contribution in [3.8, 4) is 22.9 Å². The van der Waals surface area contributed by atoms with Gasteiger partial charge in [-0.3, -0.25) is 14.7 Å². The van der Waals surface area contributed by atoms with Crippen LogP contribution < -0.4 is 25.1 Å². The van der Waals surface area contributed by atoms with Gasteiger partial charge in [0.15, 0.2) is 17.3 Å². The molecule has 2 N–H and O–H groups in total. The third-order valence-electron chi connectivity index (χ3n) is 6.30. The Labute approximate surface area is 190 Å². The van der Waals surface area contributed by atoms with Crippen molar-refractivity contribution in [1.29, 1.82) is 0 Å². The van der Waals surface area contributed by atoms with Crippen LogP contribution >= 0.6 is 0 Å². The van der Waals surface area contributed by atoms with Gasteiger partial charge in [-0.25, -0.2) is 4.68 Å². The van der Waals surface area contributed by atoms with Crippen molar-refractivity contribution in [2.24, 2.45) is 0 Å². The van der Waals surface area contributed by atoms with E-state index in [1.165, 1.54) is 4.68 Å². The predicted molar refractivity (Wildman–Crippen MR) is 124 cm³/mol. The summed E-state index contributed by atoms with van der Waals surface area (Å²) in [6.07, 6.45) is 1.93. The summed E-state index contributed by atoms with van der Waals surface area (Å²) in [5, 5.41) is 6.54. The molecule has 8 heteroatoms. The number of H-pyrrole nitrogens is 1. The molecule has 0 amide bonds. The molecule has 5 rings (SSSR count). The van der Waals surface area contributed by atoms with Crippen LogP contribution in [0.3, 0.4) is 0 Å². The zero-order valence-corrected chi connectivity index (χ0v) is 18.7. The quantitative estimate of drug-likeness (QED) is 0.619. The second-order valence-electron chi connectivity index (χ2n) is 8.05. The van der Waals surface area contributed by atoms with Crippen LogP contribution in [0.5, 0.6) is 17.2 Å². The van der Waals surface area contributed by atoms with Gasteiger partial charge in [-0.05, 0) is 31.0 Å². The molecule has 33 heavy (non-hydrogen) atoms. The molecule has 1 aliphatic heterocycles. The van der Waals surface area contributed by atoms with Crippen LogP contribution in [0.1, 0.15) is 36.3 Å². The number of ketones is 1. The fourth-order valence-electron chi connectivity index (χ4n) is 4.79. The number of ether oxygens (including phenoxy) is 3. The summed E-state index contributed by atoms with van der Waals surface area (Å²) in [5.74, 6) is 1.53. The Morgan fingerprint density at radius 1 is 0.909 bits per heavy atom. The number of hydrogen-bond donors (Lipinski definition) is 2. The fraction of sp³-hybridized carbons (Fsp3) is 0.280. The average molecular weight is 447 g/mol. The molecule has 0 saturated carbocycles. The van der Waals surface area contributed by atoms with Crippen molar-refractivity contribution in [3.05, 3.63) is 75.2 Å². The number of fused-ring (bicyclic) bond motifs is 1. The van der Waals surface area contributed by atoms with Crippen molar-refractivity contribution in [2.75, 3.05) is 26.6 Å². The summed E-state index contributed by atoms with van der Waals surface area (Å²) in [4.78, 5) is 26.9. The summed E-state index contributed by atoms with van der Waals surface area (Å²) in [5.41, 5.74) is 3.07. The molecule has 2 aliphatic rings. The first-order chi connectivity index (χ1) is 16.1. The zero-order chi connectivity index (χ0) is 23.1. The smallest absolute Gasteiger partial charge is 0.277 e. The third-order valence-corrected chi connectivity index (χ3v) is 6.30. The minimum Gasteiger partial charge on any atom is -0.496 e. The molecule has 0 saturated heterocycles. The number of hydrogen-bond acceptors (Lipinski definition) is 6. The van der Waals surface area contributed by atoms with E-state index < -0.39 is 5.92 Å². The lowest BCUT2D eigenvalue weighted by atomic mass is 9.76. The SMILES string of the molecule is COc1cc(OC)c([C@H]2C3=C(CCCC3=O)Nc3[nH]n(-c4ccccc4)c(=O)c32)cc1OC. The normalized spacial score (nSPS) is 17.2. The summed E-state index contributed by atoms with van der Waals surface area (Å²) in [7, 11) is 4.66. The zero-order valence-electron chi connectivity index (χ0n) is 18.7. The average Bonchev–Trinajstić information content (AvgIpc) is 3.18. The Bertz CT molecular complexity index is 1320. The van der Waals surface area contributed by atoms with Gasteiger partial charge >= 0.3 is 0 Å². The van der Waals surface area contributed by atoms with Crippen LogP contribution in [0, 0.1) is 0 Å².